The lowest BCUT2D eigenvalue weighted by Crippen LogP contribution is -2.31. The van der Waals surface area contributed by atoms with E-state index in [1.54, 1.807) is 6.08 Å². The molecule has 7 nitrogen and oxygen atoms in total. The summed E-state index contributed by atoms with van der Waals surface area (Å²) in [6.45, 7) is 15.0. The number of nitrogens with one attached hydrogen (secondary N) is 2. The summed E-state index contributed by atoms with van der Waals surface area (Å²) >= 11 is 0. The van der Waals surface area contributed by atoms with Crippen LogP contribution in [0.25, 0.3) is 0 Å². The molecule has 0 aliphatic rings. The molecule has 3 N–H and O–H groups in total. The molecule has 0 spiro atoms. The van der Waals surface area contributed by atoms with Gasteiger partial charge in [-0.25, -0.2) is 0 Å². The summed E-state index contributed by atoms with van der Waals surface area (Å²) in [7, 11) is 3.93. The Morgan fingerprint density at radius 1 is 1.27 bits per heavy atom. The molecule has 0 aliphatic carbocycles. The van der Waals surface area contributed by atoms with Crippen molar-refractivity contribution in [1.82, 2.24) is 20.4 Å². The number of aliphatic imine (C=N–C) groups is 1. The van der Waals surface area contributed by atoms with Gasteiger partial charge < -0.3 is 20.6 Å². The Balaban J connectivity index is 4.31. The number of carbonyl (C=O) groups is 1. The number of amides is 1. The van der Waals surface area contributed by atoms with Gasteiger partial charge in [-0.3, -0.25) is 14.7 Å². The maximum atomic E-state index is 12.2. The van der Waals surface area contributed by atoms with Crippen LogP contribution in [0.3, 0.4) is 0 Å². The molecule has 1 amide bonds. The minimum absolute atomic E-state index is 0.0342. The fraction of sp³-hybridized carbons (Fsp3) is 0.684. The van der Waals surface area contributed by atoms with Crippen molar-refractivity contribution in [2.24, 2.45) is 4.99 Å². The summed E-state index contributed by atoms with van der Waals surface area (Å²) in [5.41, 5.74) is 0.869. The van der Waals surface area contributed by atoms with E-state index in [0.29, 0.717) is 12.2 Å². The van der Waals surface area contributed by atoms with E-state index in [4.69, 9.17) is 5.11 Å². The summed E-state index contributed by atoms with van der Waals surface area (Å²) in [5.74, 6) is -0.242. The molecule has 26 heavy (non-hydrogen) atoms. The fourth-order valence-electron chi connectivity index (χ4n) is 2.40. The lowest BCUT2D eigenvalue weighted by atomic mass is 10.2. The summed E-state index contributed by atoms with van der Waals surface area (Å²) in [6, 6.07) is 0.163. The molecule has 0 heterocycles. The van der Waals surface area contributed by atoms with Crippen molar-refractivity contribution in [1.29, 1.82) is 0 Å². The Labute approximate surface area is 158 Å². The molecular weight excluding hydrogens is 330 g/mol. The van der Waals surface area contributed by atoms with Crippen LogP contribution in [0.5, 0.6) is 0 Å². The Hall–Kier alpha value is -1.70. The molecule has 0 fully saturated rings. The van der Waals surface area contributed by atoms with Crippen LogP contribution in [-0.4, -0.2) is 80.6 Å². The number of rotatable bonds is 15. The number of allylic oxidation sites excluding steroid dienone is 1. The molecule has 1 unspecified atom stereocenters. The van der Waals surface area contributed by atoms with E-state index in [1.165, 1.54) is 0 Å². The molecule has 0 aromatic heterocycles. The van der Waals surface area contributed by atoms with Crippen LogP contribution >= 0.6 is 0 Å². The fourth-order valence-corrected chi connectivity index (χ4v) is 2.40. The third kappa shape index (κ3) is 11.8. The summed E-state index contributed by atoms with van der Waals surface area (Å²) in [5, 5.41) is 15.1. The maximum absolute atomic E-state index is 12.2. The number of carbonyl (C=O) groups excluding carboxylic acids is 1. The number of aliphatic hydroxyl groups is 1. The van der Waals surface area contributed by atoms with Gasteiger partial charge in [0.15, 0.2) is 0 Å². The van der Waals surface area contributed by atoms with Crippen LogP contribution in [-0.2, 0) is 4.79 Å². The minimum Gasteiger partial charge on any atom is -0.383 e. The molecule has 7 heteroatoms. The first-order valence-corrected chi connectivity index (χ1v) is 9.24. The highest BCUT2D eigenvalue weighted by Gasteiger charge is 2.09. The van der Waals surface area contributed by atoms with Gasteiger partial charge in [0.1, 0.15) is 5.70 Å². The van der Waals surface area contributed by atoms with Crippen molar-refractivity contribution in [3.8, 4) is 0 Å². The van der Waals surface area contributed by atoms with E-state index in [-0.39, 0.29) is 24.4 Å². The Morgan fingerprint density at radius 3 is 2.54 bits per heavy atom. The molecule has 150 valence electrons. The first-order chi connectivity index (χ1) is 12.3. The summed E-state index contributed by atoms with van der Waals surface area (Å²) in [6.07, 6.45) is 4.47. The van der Waals surface area contributed by atoms with Crippen molar-refractivity contribution in [2.45, 2.75) is 39.2 Å². The van der Waals surface area contributed by atoms with Crippen molar-refractivity contribution < 1.29 is 9.90 Å². The number of hydrogen-bond donors (Lipinski definition) is 3. The molecule has 0 aliphatic heterocycles. The van der Waals surface area contributed by atoms with Crippen LogP contribution < -0.4 is 10.6 Å². The van der Waals surface area contributed by atoms with Gasteiger partial charge in [0.25, 0.3) is 5.91 Å². The molecule has 0 aromatic carbocycles. The lowest BCUT2D eigenvalue weighted by Gasteiger charge is -2.19. The lowest BCUT2D eigenvalue weighted by molar-refractivity contribution is -0.117. The molecule has 0 aromatic rings. The van der Waals surface area contributed by atoms with Crippen molar-refractivity contribution in [3.63, 3.8) is 0 Å². The molecule has 0 radical (unpaired) electrons. The summed E-state index contributed by atoms with van der Waals surface area (Å²) < 4.78 is 0. The van der Waals surface area contributed by atoms with E-state index >= 15 is 0 Å². The average Bonchev–Trinajstić information content (AvgIpc) is 2.61. The number of aliphatic hydroxyl groups excluding tert-OH is 1. The van der Waals surface area contributed by atoms with E-state index in [9.17, 15) is 4.79 Å². The van der Waals surface area contributed by atoms with Gasteiger partial charge >= 0.3 is 0 Å². The Bertz CT molecular complexity index is 465. The molecule has 0 rings (SSSR count). The van der Waals surface area contributed by atoms with E-state index in [1.807, 2.05) is 18.9 Å². The second-order valence-electron chi connectivity index (χ2n) is 6.68. The second kappa shape index (κ2) is 14.5. The molecule has 0 saturated carbocycles. The van der Waals surface area contributed by atoms with Crippen LogP contribution in [0.4, 0.5) is 0 Å². The molecule has 1 atom stereocenters. The normalized spacial score (nSPS) is 13.0. The number of nitrogens with zero attached hydrogens (tertiary/aromatic N) is 3. The highest BCUT2D eigenvalue weighted by atomic mass is 16.3. The average molecular weight is 368 g/mol. The van der Waals surface area contributed by atoms with E-state index in [0.717, 1.165) is 38.9 Å². The van der Waals surface area contributed by atoms with Gasteiger partial charge in [0, 0.05) is 24.8 Å². The third-order valence-electron chi connectivity index (χ3n) is 3.94. The predicted octanol–water partition coefficient (Wildman–Crippen LogP) is 1.18. The largest absolute Gasteiger partial charge is 0.383 e. The van der Waals surface area contributed by atoms with Gasteiger partial charge in [0.05, 0.1) is 6.73 Å². The van der Waals surface area contributed by atoms with Gasteiger partial charge in [-0.05, 0) is 66.2 Å². The predicted molar refractivity (Wildman–Crippen MR) is 109 cm³/mol. The smallest absolute Gasteiger partial charge is 0.269 e. The van der Waals surface area contributed by atoms with Gasteiger partial charge in [-0.2, -0.15) is 0 Å². The van der Waals surface area contributed by atoms with Crippen LogP contribution in [0.1, 0.15) is 33.1 Å². The maximum Gasteiger partial charge on any atom is 0.269 e. The van der Waals surface area contributed by atoms with Gasteiger partial charge in [0.2, 0.25) is 0 Å². The first kappa shape index (κ1) is 24.3. The van der Waals surface area contributed by atoms with Crippen LogP contribution in [0, 0.1) is 0 Å². The van der Waals surface area contributed by atoms with Gasteiger partial charge in [-0.1, -0.05) is 13.5 Å². The Morgan fingerprint density at radius 2 is 1.96 bits per heavy atom. The van der Waals surface area contributed by atoms with E-state index in [2.05, 4.69) is 47.8 Å². The molecule has 0 saturated heterocycles. The highest BCUT2D eigenvalue weighted by Crippen LogP contribution is 2.03. The highest BCUT2D eigenvalue weighted by molar-refractivity contribution is 5.94. The zero-order chi connectivity index (χ0) is 19.9. The SMILES string of the molecule is C=N/C(=C\C(=C)NC(C)CCN(C)CO)C(=O)NCCCN(C)CCC. The van der Waals surface area contributed by atoms with Crippen molar-refractivity contribution in [2.75, 3.05) is 47.0 Å². The van der Waals surface area contributed by atoms with Crippen molar-refractivity contribution in [3.05, 3.63) is 24.0 Å². The third-order valence-corrected chi connectivity index (χ3v) is 3.94. The molecule has 0 bridgehead atoms. The minimum atomic E-state index is -0.242. The topological polar surface area (TPSA) is 80.2 Å². The first-order valence-electron chi connectivity index (χ1n) is 9.24. The van der Waals surface area contributed by atoms with Crippen LogP contribution in [0.2, 0.25) is 0 Å². The quantitative estimate of drug-likeness (QED) is 0.133. The second-order valence-corrected chi connectivity index (χ2v) is 6.68. The van der Waals surface area contributed by atoms with Crippen molar-refractivity contribution >= 4 is 12.6 Å². The monoisotopic (exact) mass is 367 g/mol. The number of hydrogen-bond acceptors (Lipinski definition) is 6. The zero-order valence-electron chi connectivity index (χ0n) is 16.9. The zero-order valence-corrected chi connectivity index (χ0v) is 16.9. The van der Waals surface area contributed by atoms with Gasteiger partial charge in [-0.15, -0.1) is 0 Å². The standard InChI is InChI=1S/C19H37N5O2/c1-7-11-23(5)12-8-10-21-19(26)18(20-4)14-17(3)22-16(2)9-13-24(6)15-25/h14,16,22,25H,3-4,7-13,15H2,1-2,5-6H3,(H,21,26)/b18-14-. The Kier molecular flexibility index (Phi) is 13.5. The van der Waals surface area contributed by atoms with Crippen LogP contribution in [0.15, 0.2) is 29.0 Å². The molecular formula is C19H37N5O2. The van der Waals surface area contributed by atoms with E-state index < -0.39 is 0 Å². The summed E-state index contributed by atoms with van der Waals surface area (Å²) in [4.78, 5) is 20.1.